The Morgan fingerprint density at radius 1 is 0.893 bits per heavy atom. The van der Waals surface area contributed by atoms with E-state index in [1.807, 2.05) is 0 Å². The van der Waals surface area contributed by atoms with Crippen molar-refractivity contribution in [2.45, 2.75) is 71.5 Å². The summed E-state index contributed by atoms with van der Waals surface area (Å²) in [5, 5.41) is 5.25. The van der Waals surface area contributed by atoms with Gasteiger partial charge in [-0.2, -0.15) is 0 Å². The minimum Gasteiger partial charge on any atom is -0.368 e. The summed E-state index contributed by atoms with van der Waals surface area (Å²) in [7, 11) is 0. The van der Waals surface area contributed by atoms with E-state index in [-0.39, 0.29) is 5.60 Å². The predicted octanol–water partition coefficient (Wildman–Crippen LogP) is 7.85. The van der Waals surface area contributed by atoms with E-state index in [4.69, 9.17) is 4.74 Å². The van der Waals surface area contributed by atoms with Gasteiger partial charge >= 0.3 is 0 Å². The van der Waals surface area contributed by atoms with E-state index in [0.29, 0.717) is 6.10 Å². The maximum Gasteiger partial charge on any atom is 0.0879 e. The highest BCUT2D eigenvalue weighted by Crippen LogP contribution is 2.37. The van der Waals surface area contributed by atoms with E-state index < -0.39 is 0 Å². The van der Waals surface area contributed by atoms with Gasteiger partial charge in [0.25, 0.3) is 0 Å². The predicted molar refractivity (Wildman–Crippen MR) is 121 cm³/mol. The molecule has 0 saturated heterocycles. The largest absolute Gasteiger partial charge is 0.368 e. The van der Waals surface area contributed by atoms with E-state index in [0.717, 1.165) is 11.8 Å². The van der Waals surface area contributed by atoms with Crippen molar-refractivity contribution in [2.75, 3.05) is 0 Å². The van der Waals surface area contributed by atoms with Gasteiger partial charge in [0, 0.05) is 0 Å². The molecule has 0 N–H and O–H groups in total. The molecule has 0 radical (unpaired) electrons. The van der Waals surface area contributed by atoms with Crippen molar-refractivity contribution >= 4 is 21.5 Å². The summed E-state index contributed by atoms with van der Waals surface area (Å²) in [5.41, 5.74) is 1.02. The summed E-state index contributed by atoms with van der Waals surface area (Å²) >= 11 is 0. The van der Waals surface area contributed by atoms with E-state index in [1.54, 1.807) is 0 Å². The minimum absolute atomic E-state index is 0.256. The fourth-order valence-electron chi connectivity index (χ4n) is 4.98. The maximum absolute atomic E-state index is 6.66. The standard InChI is InChI=1S/C27H34O/c1-5-19(2)20-12-15-24(16-13-20)28-27(3,4)23-14-17-26-22(18-23)11-10-21-8-6-7-9-25(21)26/h6-11,14,17-20,24H,5,12-13,15-16H2,1-4H3. The first kappa shape index (κ1) is 19.5. The summed E-state index contributed by atoms with van der Waals surface area (Å²) in [6.07, 6.45) is 6.74. The molecule has 0 aliphatic heterocycles. The molecule has 4 rings (SSSR count). The SMILES string of the molecule is CCC(C)C1CCC(OC(C)(C)c2ccc3c(ccc4ccccc43)c2)CC1. The van der Waals surface area contributed by atoms with Crippen LogP contribution in [0.1, 0.15) is 65.4 Å². The average molecular weight is 375 g/mol. The van der Waals surface area contributed by atoms with Gasteiger partial charge in [0.2, 0.25) is 0 Å². The third kappa shape index (κ3) is 3.82. The Kier molecular flexibility index (Phi) is 5.47. The van der Waals surface area contributed by atoms with Gasteiger partial charge < -0.3 is 4.74 Å². The number of hydrogen-bond acceptors (Lipinski definition) is 1. The molecule has 1 aliphatic carbocycles. The molecule has 0 bridgehead atoms. The average Bonchev–Trinajstić information content (AvgIpc) is 2.73. The van der Waals surface area contributed by atoms with Crippen LogP contribution in [0.5, 0.6) is 0 Å². The lowest BCUT2D eigenvalue weighted by molar-refractivity contribution is -0.0954. The van der Waals surface area contributed by atoms with Crippen molar-refractivity contribution in [3.05, 3.63) is 60.2 Å². The molecular formula is C27H34O. The molecule has 3 aromatic carbocycles. The second kappa shape index (κ2) is 7.87. The van der Waals surface area contributed by atoms with Crippen LogP contribution in [0, 0.1) is 11.8 Å². The van der Waals surface area contributed by atoms with Gasteiger partial charge in [0.1, 0.15) is 0 Å². The summed E-state index contributed by atoms with van der Waals surface area (Å²) in [6, 6.07) is 20.0. The highest BCUT2D eigenvalue weighted by molar-refractivity contribution is 6.07. The van der Waals surface area contributed by atoms with Crippen LogP contribution in [0.25, 0.3) is 21.5 Å². The molecule has 148 valence electrons. The zero-order valence-corrected chi connectivity index (χ0v) is 17.9. The van der Waals surface area contributed by atoms with Crippen LogP contribution in [0.15, 0.2) is 54.6 Å². The topological polar surface area (TPSA) is 9.23 Å². The lowest BCUT2D eigenvalue weighted by atomic mass is 9.78. The van der Waals surface area contributed by atoms with Crippen molar-refractivity contribution < 1.29 is 4.74 Å². The van der Waals surface area contributed by atoms with Crippen LogP contribution < -0.4 is 0 Å². The Morgan fingerprint density at radius 2 is 1.57 bits per heavy atom. The smallest absolute Gasteiger partial charge is 0.0879 e. The lowest BCUT2D eigenvalue weighted by Crippen LogP contribution is -2.32. The Hall–Kier alpha value is -1.86. The number of ether oxygens (including phenoxy) is 1. The molecule has 1 saturated carbocycles. The minimum atomic E-state index is -0.256. The number of benzene rings is 3. The summed E-state index contributed by atoms with van der Waals surface area (Å²) in [6.45, 7) is 9.19. The Labute approximate surface area is 170 Å². The molecule has 1 heteroatoms. The summed E-state index contributed by atoms with van der Waals surface area (Å²) in [5.74, 6) is 1.74. The van der Waals surface area contributed by atoms with E-state index in [1.165, 1.54) is 59.2 Å². The molecule has 0 spiro atoms. The molecule has 3 aromatic rings. The van der Waals surface area contributed by atoms with Crippen LogP contribution >= 0.6 is 0 Å². The molecule has 0 aromatic heterocycles. The first-order chi connectivity index (χ1) is 13.5. The molecule has 28 heavy (non-hydrogen) atoms. The molecule has 1 fully saturated rings. The normalized spacial score (nSPS) is 21.9. The Morgan fingerprint density at radius 3 is 2.32 bits per heavy atom. The van der Waals surface area contributed by atoms with Crippen LogP contribution in [0.2, 0.25) is 0 Å². The maximum atomic E-state index is 6.66. The van der Waals surface area contributed by atoms with E-state index in [9.17, 15) is 0 Å². The van der Waals surface area contributed by atoms with Crippen molar-refractivity contribution in [1.29, 1.82) is 0 Å². The van der Waals surface area contributed by atoms with Crippen molar-refractivity contribution in [3.8, 4) is 0 Å². The van der Waals surface area contributed by atoms with Crippen LogP contribution in [-0.4, -0.2) is 6.10 Å². The quantitative estimate of drug-likeness (QED) is 0.413. The molecule has 1 unspecified atom stereocenters. The van der Waals surface area contributed by atoms with Gasteiger partial charge in [-0.1, -0.05) is 68.8 Å². The number of hydrogen-bond donors (Lipinski definition) is 0. The van der Waals surface area contributed by atoms with Gasteiger partial charge in [-0.3, -0.25) is 0 Å². The second-order valence-electron chi connectivity index (χ2n) is 9.27. The number of rotatable bonds is 5. The van der Waals surface area contributed by atoms with Gasteiger partial charge in [-0.05, 0) is 84.5 Å². The first-order valence-electron chi connectivity index (χ1n) is 11.1. The van der Waals surface area contributed by atoms with Crippen molar-refractivity contribution in [2.24, 2.45) is 11.8 Å². The second-order valence-corrected chi connectivity index (χ2v) is 9.27. The van der Waals surface area contributed by atoms with Crippen LogP contribution in [-0.2, 0) is 10.3 Å². The van der Waals surface area contributed by atoms with Gasteiger partial charge in [0.15, 0.2) is 0 Å². The van der Waals surface area contributed by atoms with Gasteiger partial charge in [0.05, 0.1) is 11.7 Å². The van der Waals surface area contributed by atoms with E-state index >= 15 is 0 Å². The molecule has 0 amide bonds. The van der Waals surface area contributed by atoms with Crippen LogP contribution in [0.4, 0.5) is 0 Å². The fraction of sp³-hybridized carbons (Fsp3) is 0.481. The summed E-state index contributed by atoms with van der Waals surface area (Å²) < 4.78 is 6.66. The molecule has 0 heterocycles. The van der Waals surface area contributed by atoms with Crippen molar-refractivity contribution in [1.82, 2.24) is 0 Å². The highest BCUT2D eigenvalue weighted by Gasteiger charge is 2.30. The monoisotopic (exact) mass is 374 g/mol. The molecular weight excluding hydrogens is 340 g/mol. The number of fused-ring (bicyclic) bond motifs is 3. The fourth-order valence-corrected chi connectivity index (χ4v) is 4.98. The Balaban J connectivity index is 1.53. The molecule has 1 aliphatic rings. The zero-order valence-electron chi connectivity index (χ0n) is 17.9. The molecule has 1 atom stereocenters. The van der Waals surface area contributed by atoms with Crippen molar-refractivity contribution in [3.63, 3.8) is 0 Å². The van der Waals surface area contributed by atoms with Gasteiger partial charge in [-0.25, -0.2) is 0 Å². The zero-order chi connectivity index (χ0) is 19.7. The van der Waals surface area contributed by atoms with Crippen LogP contribution in [0.3, 0.4) is 0 Å². The third-order valence-corrected chi connectivity index (χ3v) is 7.07. The summed E-state index contributed by atoms with van der Waals surface area (Å²) in [4.78, 5) is 0. The molecule has 1 nitrogen and oxygen atoms in total. The van der Waals surface area contributed by atoms with Gasteiger partial charge in [-0.15, -0.1) is 0 Å². The highest BCUT2D eigenvalue weighted by atomic mass is 16.5. The van der Waals surface area contributed by atoms with E-state index in [2.05, 4.69) is 82.3 Å². The Bertz CT molecular complexity index is 947. The first-order valence-corrected chi connectivity index (χ1v) is 11.1. The third-order valence-electron chi connectivity index (χ3n) is 7.07. The lowest BCUT2D eigenvalue weighted by Gasteiger charge is -2.37.